The highest BCUT2D eigenvalue weighted by Crippen LogP contribution is 2.22. The minimum atomic E-state index is 0.252. The number of hydrogen-bond acceptors (Lipinski definition) is 3. The molecule has 4 nitrogen and oxygen atoms in total. The van der Waals surface area contributed by atoms with E-state index in [0.29, 0.717) is 6.42 Å². The van der Waals surface area contributed by atoms with Crippen LogP contribution in [-0.4, -0.2) is 43.7 Å². The Kier molecular flexibility index (Phi) is 4.33. The fourth-order valence-electron chi connectivity index (χ4n) is 2.92. The van der Waals surface area contributed by atoms with E-state index in [9.17, 15) is 4.79 Å². The molecule has 2 saturated heterocycles. The predicted octanol–water partition coefficient (Wildman–Crippen LogP) is 2.04. The number of hydrogen-bond donors (Lipinski definition) is 0. The van der Waals surface area contributed by atoms with Crippen molar-refractivity contribution in [2.24, 2.45) is 0 Å². The third-order valence-corrected chi connectivity index (χ3v) is 4.04. The number of ether oxygens (including phenoxy) is 1. The molecule has 0 aliphatic carbocycles. The molecule has 0 bridgehead atoms. The molecule has 2 heterocycles. The fourth-order valence-corrected chi connectivity index (χ4v) is 2.92. The van der Waals surface area contributed by atoms with Gasteiger partial charge in [0, 0.05) is 44.9 Å². The second-order valence-corrected chi connectivity index (χ2v) is 5.56. The van der Waals surface area contributed by atoms with Crippen molar-refractivity contribution in [2.75, 3.05) is 37.7 Å². The van der Waals surface area contributed by atoms with Gasteiger partial charge in [-0.1, -0.05) is 12.1 Å². The summed E-state index contributed by atoms with van der Waals surface area (Å²) in [5, 5.41) is 0. The Morgan fingerprint density at radius 2 is 1.85 bits per heavy atom. The van der Waals surface area contributed by atoms with Gasteiger partial charge in [-0.15, -0.1) is 0 Å². The van der Waals surface area contributed by atoms with Gasteiger partial charge in [-0.25, -0.2) is 0 Å². The predicted molar refractivity (Wildman–Crippen MR) is 78.7 cm³/mol. The van der Waals surface area contributed by atoms with Gasteiger partial charge in [0.25, 0.3) is 0 Å². The van der Waals surface area contributed by atoms with E-state index in [2.05, 4.69) is 29.2 Å². The summed E-state index contributed by atoms with van der Waals surface area (Å²) in [4.78, 5) is 16.0. The van der Waals surface area contributed by atoms with Crippen LogP contribution in [0.1, 0.15) is 24.8 Å². The Morgan fingerprint density at radius 1 is 1.00 bits per heavy atom. The van der Waals surface area contributed by atoms with Crippen molar-refractivity contribution in [2.45, 2.75) is 25.8 Å². The van der Waals surface area contributed by atoms with E-state index < -0.39 is 0 Å². The van der Waals surface area contributed by atoms with Gasteiger partial charge in [0.05, 0.1) is 6.61 Å². The maximum absolute atomic E-state index is 11.7. The summed E-state index contributed by atoms with van der Waals surface area (Å²) in [5.41, 5.74) is 2.35. The molecule has 1 aromatic rings. The molecule has 0 atom stereocenters. The molecule has 3 rings (SSSR count). The standard InChI is InChI=1S/C16H22N2O2/c19-16-3-1-9-18(16)15-6-4-14(5-7-15)13-17-8-2-11-20-12-10-17/h4-7H,1-3,8-13H2. The molecule has 0 saturated carbocycles. The van der Waals surface area contributed by atoms with E-state index in [0.717, 1.165) is 57.9 Å². The molecule has 2 aliphatic heterocycles. The Bertz CT molecular complexity index is 450. The van der Waals surface area contributed by atoms with Crippen LogP contribution in [0, 0.1) is 0 Å². The molecule has 20 heavy (non-hydrogen) atoms. The van der Waals surface area contributed by atoms with Gasteiger partial charge in [-0.05, 0) is 30.5 Å². The molecule has 2 aliphatic rings. The number of carbonyl (C=O) groups excluding carboxylic acids is 1. The summed E-state index contributed by atoms with van der Waals surface area (Å²) >= 11 is 0. The smallest absolute Gasteiger partial charge is 0.227 e. The monoisotopic (exact) mass is 274 g/mol. The first-order valence-electron chi connectivity index (χ1n) is 7.52. The summed E-state index contributed by atoms with van der Waals surface area (Å²) < 4.78 is 5.48. The lowest BCUT2D eigenvalue weighted by Gasteiger charge is -2.20. The molecule has 2 fully saturated rings. The first kappa shape index (κ1) is 13.6. The van der Waals surface area contributed by atoms with E-state index in [1.54, 1.807) is 0 Å². The quantitative estimate of drug-likeness (QED) is 0.845. The number of carbonyl (C=O) groups is 1. The molecule has 0 spiro atoms. The first-order valence-corrected chi connectivity index (χ1v) is 7.52. The van der Waals surface area contributed by atoms with Gasteiger partial charge >= 0.3 is 0 Å². The minimum absolute atomic E-state index is 0.252. The highest BCUT2D eigenvalue weighted by Gasteiger charge is 2.21. The average molecular weight is 274 g/mol. The van der Waals surface area contributed by atoms with Crippen molar-refractivity contribution >= 4 is 11.6 Å². The van der Waals surface area contributed by atoms with Crippen LogP contribution in [0.15, 0.2) is 24.3 Å². The van der Waals surface area contributed by atoms with Gasteiger partial charge in [-0.2, -0.15) is 0 Å². The fraction of sp³-hybridized carbons (Fsp3) is 0.562. The summed E-state index contributed by atoms with van der Waals surface area (Å²) in [6.45, 7) is 5.66. The van der Waals surface area contributed by atoms with Gasteiger partial charge in [-0.3, -0.25) is 9.69 Å². The van der Waals surface area contributed by atoms with Crippen LogP contribution in [0.2, 0.25) is 0 Å². The van der Waals surface area contributed by atoms with E-state index >= 15 is 0 Å². The van der Waals surface area contributed by atoms with Crippen molar-refractivity contribution in [3.05, 3.63) is 29.8 Å². The molecule has 4 heteroatoms. The summed E-state index contributed by atoms with van der Waals surface area (Å²) in [5.74, 6) is 0.252. The van der Waals surface area contributed by atoms with Crippen LogP contribution < -0.4 is 4.90 Å². The van der Waals surface area contributed by atoms with Crippen LogP contribution in [0.3, 0.4) is 0 Å². The van der Waals surface area contributed by atoms with Crippen LogP contribution >= 0.6 is 0 Å². The molecule has 0 unspecified atom stereocenters. The Balaban J connectivity index is 1.62. The Morgan fingerprint density at radius 3 is 2.60 bits per heavy atom. The highest BCUT2D eigenvalue weighted by molar-refractivity contribution is 5.95. The van der Waals surface area contributed by atoms with Crippen LogP contribution in [0.4, 0.5) is 5.69 Å². The third-order valence-electron chi connectivity index (χ3n) is 4.04. The van der Waals surface area contributed by atoms with E-state index in [-0.39, 0.29) is 5.91 Å². The van der Waals surface area contributed by atoms with Crippen molar-refractivity contribution < 1.29 is 9.53 Å². The van der Waals surface area contributed by atoms with Crippen molar-refractivity contribution in [1.29, 1.82) is 0 Å². The summed E-state index contributed by atoms with van der Waals surface area (Å²) in [7, 11) is 0. The number of nitrogens with zero attached hydrogens (tertiary/aromatic N) is 2. The van der Waals surface area contributed by atoms with Gasteiger partial charge in [0.2, 0.25) is 5.91 Å². The van der Waals surface area contributed by atoms with E-state index in [1.165, 1.54) is 5.56 Å². The molecule has 1 aromatic carbocycles. The molecule has 1 amide bonds. The molecule has 0 N–H and O–H groups in total. The Labute approximate surface area is 120 Å². The molecule has 108 valence electrons. The first-order chi connectivity index (χ1) is 9.83. The van der Waals surface area contributed by atoms with Crippen LogP contribution in [0.25, 0.3) is 0 Å². The second-order valence-electron chi connectivity index (χ2n) is 5.56. The van der Waals surface area contributed by atoms with Crippen LogP contribution in [-0.2, 0) is 16.1 Å². The third kappa shape index (κ3) is 3.19. The topological polar surface area (TPSA) is 32.8 Å². The number of benzene rings is 1. The van der Waals surface area contributed by atoms with Gasteiger partial charge in [0.1, 0.15) is 0 Å². The number of amides is 1. The molecular formula is C16H22N2O2. The number of rotatable bonds is 3. The minimum Gasteiger partial charge on any atom is -0.380 e. The summed E-state index contributed by atoms with van der Waals surface area (Å²) in [6, 6.07) is 8.44. The maximum Gasteiger partial charge on any atom is 0.227 e. The lowest BCUT2D eigenvalue weighted by atomic mass is 10.2. The maximum atomic E-state index is 11.7. The van der Waals surface area contributed by atoms with Crippen molar-refractivity contribution in [1.82, 2.24) is 4.90 Å². The lowest BCUT2D eigenvalue weighted by molar-refractivity contribution is -0.117. The molecular weight excluding hydrogens is 252 g/mol. The lowest BCUT2D eigenvalue weighted by Crippen LogP contribution is -2.26. The normalized spacial score (nSPS) is 21.2. The molecule has 0 radical (unpaired) electrons. The summed E-state index contributed by atoms with van der Waals surface area (Å²) in [6.07, 6.45) is 2.78. The highest BCUT2D eigenvalue weighted by atomic mass is 16.5. The largest absolute Gasteiger partial charge is 0.380 e. The van der Waals surface area contributed by atoms with E-state index in [1.807, 2.05) is 4.90 Å². The van der Waals surface area contributed by atoms with Gasteiger partial charge < -0.3 is 9.64 Å². The zero-order valence-electron chi connectivity index (χ0n) is 11.9. The van der Waals surface area contributed by atoms with Gasteiger partial charge in [0.15, 0.2) is 0 Å². The second kappa shape index (κ2) is 6.37. The SMILES string of the molecule is O=C1CCCN1c1ccc(CN2CCCOCC2)cc1. The zero-order chi connectivity index (χ0) is 13.8. The zero-order valence-corrected chi connectivity index (χ0v) is 11.9. The van der Waals surface area contributed by atoms with Crippen molar-refractivity contribution in [3.63, 3.8) is 0 Å². The number of anilines is 1. The molecule has 0 aromatic heterocycles. The van der Waals surface area contributed by atoms with Crippen molar-refractivity contribution in [3.8, 4) is 0 Å². The van der Waals surface area contributed by atoms with Crippen LogP contribution in [0.5, 0.6) is 0 Å². The van der Waals surface area contributed by atoms with E-state index in [4.69, 9.17) is 4.74 Å². The Hall–Kier alpha value is -1.39. The average Bonchev–Trinajstić information content (AvgIpc) is 2.73.